The van der Waals surface area contributed by atoms with Crippen molar-refractivity contribution in [1.29, 1.82) is 0 Å². The van der Waals surface area contributed by atoms with Crippen LogP contribution in [0.1, 0.15) is 24.1 Å². The Hall–Kier alpha value is -3.03. The Morgan fingerprint density at radius 2 is 1.77 bits per heavy atom. The van der Waals surface area contributed by atoms with Crippen LogP contribution in [0, 0.1) is 5.82 Å². The number of nitrogens with one attached hydrogen (secondary N) is 1. The molecule has 0 amide bonds. The van der Waals surface area contributed by atoms with Crippen LogP contribution < -0.4 is 5.32 Å². The van der Waals surface area contributed by atoms with Crippen LogP contribution in [0.3, 0.4) is 0 Å². The van der Waals surface area contributed by atoms with E-state index in [1.807, 2.05) is 6.92 Å². The van der Waals surface area contributed by atoms with Gasteiger partial charge in [0, 0.05) is 30.2 Å². The van der Waals surface area contributed by atoms with Crippen molar-refractivity contribution in [1.82, 2.24) is 15.0 Å². The second-order valence-electron chi connectivity index (χ2n) is 5.64. The number of nitrogens with zero attached hydrogens (tertiary/aromatic N) is 3. The van der Waals surface area contributed by atoms with Crippen LogP contribution in [-0.2, 0) is 6.18 Å². The number of aromatic nitrogens is 3. The third-order valence-electron chi connectivity index (χ3n) is 3.71. The molecule has 8 heteroatoms. The van der Waals surface area contributed by atoms with Crippen LogP contribution in [0.25, 0.3) is 11.4 Å². The SMILES string of the molecule is CC(Nc1ccnc(-c2cncc(C(F)(F)F)c2)n1)c1ccc(F)cc1. The molecule has 0 aliphatic heterocycles. The molecule has 1 aromatic carbocycles. The van der Waals surface area contributed by atoms with Crippen molar-refractivity contribution in [2.75, 3.05) is 5.32 Å². The highest BCUT2D eigenvalue weighted by Crippen LogP contribution is 2.30. The Kier molecular flexibility index (Phi) is 4.83. The zero-order chi connectivity index (χ0) is 18.7. The minimum Gasteiger partial charge on any atom is -0.363 e. The molecule has 26 heavy (non-hydrogen) atoms. The summed E-state index contributed by atoms with van der Waals surface area (Å²) in [6.07, 6.45) is -1.02. The van der Waals surface area contributed by atoms with Crippen LogP contribution >= 0.6 is 0 Å². The van der Waals surface area contributed by atoms with E-state index in [4.69, 9.17) is 0 Å². The summed E-state index contributed by atoms with van der Waals surface area (Å²) in [4.78, 5) is 11.9. The lowest BCUT2D eigenvalue weighted by Crippen LogP contribution is -2.09. The van der Waals surface area contributed by atoms with Crippen LogP contribution in [-0.4, -0.2) is 15.0 Å². The van der Waals surface area contributed by atoms with Crippen LogP contribution in [0.5, 0.6) is 0 Å². The molecule has 134 valence electrons. The molecule has 0 aliphatic rings. The van der Waals surface area contributed by atoms with Gasteiger partial charge in [0.1, 0.15) is 11.6 Å². The number of benzene rings is 1. The van der Waals surface area contributed by atoms with Gasteiger partial charge in [-0.1, -0.05) is 12.1 Å². The quantitative estimate of drug-likeness (QED) is 0.673. The van der Waals surface area contributed by atoms with Crippen molar-refractivity contribution in [3.05, 3.63) is 71.9 Å². The molecule has 1 atom stereocenters. The molecule has 1 unspecified atom stereocenters. The summed E-state index contributed by atoms with van der Waals surface area (Å²) >= 11 is 0. The smallest absolute Gasteiger partial charge is 0.363 e. The second kappa shape index (κ2) is 7.07. The van der Waals surface area contributed by atoms with Gasteiger partial charge in [0.2, 0.25) is 0 Å². The van der Waals surface area contributed by atoms with Gasteiger partial charge in [0.05, 0.1) is 5.56 Å². The van der Waals surface area contributed by atoms with Gasteiger partial charge in [0.25, 0.3) is 0 Å². The summed E-state index contributed by atoms with van der Waals surface area (Å²) in [5.74, 6) is 0.228. The molecule has 0 radical (unpaired) electrons. The van der Waals surface area contributed by atoms with Gasteiger partial charge in [-0.3, -0.25) is 4.98 Å². The molecular weight excluding hydrogens is 348 g/mol. The number of hydrogen-bond acceptors (Lipinski definition) is 4. The molecule has 4 nitrogen and oxygen atoms in total. The largest absolute Gasteiger partial charge is 0.417 e. The van der Waals surface area contributed by atoms with Gasteiger partial charge in [-0.2, -0.15) is 13.2 Å². The number of anilines is 1. The molecule has 0 aliphatic carbocycles. The third-order valence-corrected chi connectivity index (χ3v) is 3.71. The minimum absolute atomic E-state index is 0.125. The van der Waals surface area contributed by atoms with Gasteiger partial charge in [0.15, 0.2) is 5.82 Å². The fourth-order valence-corrected chi connectivity index (χ4v) is 2.35. The molecule has 0 saturated heterocycles. The number of alkyl halides is 3. The van der Waals surface area contributed by atoms with Crippen LogP contribution in [0.15, 0.2) is 55.0 Å². The van der Waals surface area contributed by atoms with Gasteiger partial charge in [-0.05, 0) is 36.8 Å². The van der Waals surface area contributed by atoms with Gasteiger partial charge in [-0.25, -0.2) is 14.4 Å². The highest BCUT2D eigenvalue weighted by Gasteiger charge is 2.31. The predicted octanol–water partition coefficient (Wildman–Crippen LogP) is 4.87. The van der Waals surface area contributed by atoms with E-state index in [1.165, 1.54) is 24.5 Å². The predicted molar refractivity (Wildman–Crippen MR) is 88.7 cm³/mol. The van der Waals surface area contributed by atoms with E-state index in [1.54, 1.807) is 18.2 Å². The standard InChI is InChI=1S/C18H14F4N4/c1-11(12-2-4-15(19)5-3-12)25-16-6-7-24-17(26-16)13-8-14(10-23-9-13)18(20,21)22/h2-11H,1H3,(H,24,25,26). The molecule has 2 aromatic heterocycles. The molecule has 0 fully saturated rings. The van der Waals surface area contributed by atoms with E-state index < -0.39 is 11.7 Å². The van der Waals surface area contributed by atoms with Crippen LogP contribution in [0.4, 0.5) is 23.4 Å². The number of hydrogen-bond donors (Lipinski definition) is 1. The number of pyridine rings is 1. The molecule has 0 spiro atoms. The molecule has 0 bridgehead atoms. The average molecular weight is 362 g/mol. The zero-order valence-electron chi connectivity index (χ0n) is 13.6. The molecule has 0 saturated carbocycles. The first-order valence-electron chi connectivity index (χ1n) is 7.70. The highest BCUT2D eigenvalue weighted by atomic mass is 19.4. The van der Waals surface area contributed by atoms with E-state index in [2.05, 4.69) is 20.3 Å². The van der Waals surface area contributed by atoms with E-state index in [9.17, 15) is 17.6 Å². The topological polar surface area (TPSA) is 50.7 Å². The Morgan fingerprint density at radius 3 is 2.46 bits per heavy atom. The maximum atomic E-state index is 13.0. The summed E-state index contributed by atoms with van der Waals surface area (Å²) in [6.45, 7) is 1.86. The fourth-order valence-electron chi connectivity index (χ4n) is 2.35. The zero-order valence-corrected chi connectivity index (χ0v) is 13.6. The van der Waals surface area contributed by atoms with Gasteiger partial charge in [-0.15, -0.1) is 0 Å². The van der Waals surface area contributed by atoms with E-state index in [0.29, 0.717) is 5.82 Å². The number of halogens is 4. The van der Waals surface area contributed by atoms with Gasteiger partial charge < -0.3 is 5.32 Å². The second-order valence-corrected chi connectivity index (χ2v) is 5.64. The third kappa shape index (κ3) is 4.14. The summed E-state index contributed by atoms with van der Waals surface area (Å²) in [7, 11) is 0. The maximum absolute atomic E-state index is 13.0. The lowest BCUT2D eigenvalue weighted by molar-refractivity contribution is -0.137. The summed E-state index contributed by atoms with van der Waals surface area (Å²) in [5, 5.41) is 3.12. The van der Waals surface area contributed by atoms with Crippen molar-refractivity contribution in [3.8, 4) is 11.4 Å². The monoisotopic (exact) mass is 362 g/mol. The Balaban J connectivity index is 1.83. The van der Waals surface area contributed by atoms with Crippen molar-refractivity contribution in [2.45, 2.75) is 19.1 Å². The van der Waals surface area contributed by atoms with E-state index in [0.717, 1.165) is 17.8 Å². The molecule has 3 aromatic rings. The van der Waals surface area contributed by atoms with Gasteiger partial charge >= 0.3 is 6.18 Å². The lowest BCUT2D eigenvalue weighted by atomic mass is 10.1. The van der Waals surface area contributed by atoms with Crippen molar-refractivity contribution in [3.63, 3.8) is 0 Å². The van der Waals surface area contributed by atoms with Crippen LogP contribution in [0.2, 0.25) is 0 Å². The van der Waals surface area contributed by atoms with Crippen molar-refractivity contribution >= 4 is 5.82 Å². The summed E-state index contributed by atoms with van der Waals surface area (Å²) in [6, 6.07) is 8.37. The maximum Gasteiger partial charge on any atom is 0.417 e. The Labute approximate surface area is 147 Å². The lowest BCUT2D eigenvalue weighted by Gasteiger charge is -2.15. The van der Waals surface area contributed by atoms with E-state index >= 15 is 0 Å². The molecule has 1 N–H and O–H groups in total. The molecular formula is C18H14F4N4. The summed E-state index contributed by atoms with van der Waals surface area (Å²) in [5.41, 5.74) is 0.141. The van der Waals surface area contributed by atoms with E-state index in [-0.39, 0.29) is 23.2 Å². The Morgan fingerprint density at radius 1 is 1.04 bits per heavy atom. The Bertz CT molecular complexity index is 894. The average Bonchev–Trinajstić information content (AvgIpc) is 2.62. The number of rotatable bonds is 4. The normalized spacial score (nSPS) is 12.7. The summed E-state index contributed by atoms with van der Waals surface area (Å²) < 4.78 is 51.5. The first kappa shape index (κ1) is 17.8. The fraction of sp³-hybridized carbons (Fsp3) is 0.167. The minimum atomic E-state index is -4.49. The van der Waals surface area contributed by atoms with Crippen molar-refractivity contribution < 1.29 is 17.6 Å². The van der Waals surface area contributed by atoms with Crippen molar-refractivity contribution in [2.24, 2.45) is 0 Å². The highest BCUT2D eigenvalue weighted by molar-refractivity contribution is 5.57. The first-order valence-corrected chi connectivity index (χ1v) is 7.70. The molecule has 3 rings (SSSR count). The first-order chi connectivity index (χ1) is 12.3. The molecule has 2 heterocycles.